The van der Waals surface area contributed by atoms with Crippen molar-refractivity contribution in [3.05, 3.63) is 0 Å². The van der Waals surface area contributed by atoms with Gasteiger partial charge in [0.2, 0.25) is 0 Å². The van der Waals surface area contributed by atoms with Crippen molar-refractivity contribution in [2.24, 2.45) is 0 Å². The smallest absolute Gasteiger partial charge is 0 e. The molecule has 0 aromatic rings. The Labute approximate surface area is 76.0 Å². The summed E-state index contributed by atoms with van der Waals surface area (Å²) in [6.07, 6.45) is 0. The average Bonchev–Trinajstić information content (AvgIpc) is 0.918. The summed E-state index contributed by atoms with van der Waals surface area (Å²) in [4.78, 5) is 0. The maximum absolute atomic E-state index is 2.39. The minimum Gasteiger partial charge on any atom is 0 e. The summed E-state index contributed by atoms with van der Waals surface area (Å²) in [5, 5.41) is 0. The molecule has 0 unspecified atom stereocenters. The number of hydrogen-bond donors (Lipinski definition) is 0. The molecular formula is HgI3-. The van der Waals surface area contributed by atoms with Crippen LogP contribution < -0.4 is 13.3 Å². The van der Waals surface area contributed by atoms with E-state index in [-0.39, 0.29) is 27.7 Å². The summed E-state index contributed by atoms with van der Waals surface area (Å²) in [6, 6.07) is 0. The molecule has 0 aliphatic carbocycles. The van der Waals surface area contributed by atoms with E-state index in [0.29, 0.717) is 13.3 Å². The van der Waals surface area contributed by atoms with Gasteiger partial charge in [0.1, 0.15) is 0 Å². The van der Waals surface area contributed by atoms with Crippen LogP contribution >= 0.6 is 37.2 Å². The van der Waals surface area contributed by atoms with E-state index in [2.05, 4.69) is 37.2 Å². The molecule has 0 aromatic heterocycles. The Morgan fingerprint density at radius 3 is 1.25 bits per heavy atom. The Hall–Kier alpha value is 3.13. The van der Waals surface area contributed by atoms with E-state index < -0.39 is 0 Å². The Balaban J connectivity index is 0. The standard InChI is InChI=1S/Hg.I3/c;1-3-2/q;-1. The molecule has 0 spiro atoms. The fraction of sp³-hybridized carbons (Fsp3) is 0. The molecule has 4 heavy (non-hydrogen) atoms. The first kappa shape index (κ1) is 10.2. The van der Waals surface area contributed by atoms with Gasteiger partial charge < -0.3 is 0 Å². The largest absolute Gasteiger partial charge is 0 e. The normalized spacial score (nSPS) is 5.50. The third-order valence-electron chi connectivity index (χ3n) is 0. The molecule has 0 nitrogen and oxygen atoms in total. The molecule has 0 saturated carbocycles. The van der Waals surface area contributed by atoms with Gasteiger partial charge in [-0.25, -0.2) is 0 Å². The van der Waals surface area contributed by atoms with Crippen molar-refractivity contribution in [2.75, 3.05) is 0 Å². The molecule has 0 fully saturated rings. The zero-order valence-electron chi connectivity index (χ0n) is 1.84. The van der Waals surface area contributed by atoms with Gasteiger partial charge in [-0.15, -0.1) is 0 Å². The predicted molar refractivity (Wildman–Crippen MR) is 28.0 cm³/mol. The van der Waals surface area contributed by atoms with Gasteiger partial charge >= 0.3 is 50.5 Å². The van der Waals surface area contributed by atoms with Gasteiger partial charge in [0.25, 0.3) is 0 Å². The van der Waals surface area contributed by atoms with Gasteiger partial charge in [-0.05, 0) is 0 Å². The molecule has 0 amide bonds. The summed E-state index contributed by atoms with van der Waals surface area (Å²) in [5.74, 6) is 0. The molecule has 0 N–H and O–H groups in total. The first-order valence-electron chi connectivity index (χ1n) is 0.286. The van der Waals surface area contributed by atoms with E-state index in [0.717, 1.165) is 0 Å². The molecule has 0 radical (unpaired) electrons. The summed E-state index contributed by atoms with van der Waals surface area (Å²) in [7, 11) is 0. The van der Waals surface area contributed by atoms with E-state index in [1.165, 1.54) is 0 Å². The van der Waals surface area contributed by atoms with E-state index in [9.17, 15) is 0 Å². The van der Waals surface area contributed by atoms with Crippen molar-refractivity contribution in [1.82, 2.24) is 0 Å². The first-order valence-corrected chi connectivity index (χ1v) is 12.9. The molecule has 0 saturated heterocycles. The van der Waals surface area contributed by atoms with E-state index in [4.69, 9.17) is 0 Å². The number of hydrogen-bond acceptors (Lipinski definition) is 0. The molecule has 0 rings (SSSR count). The van der Waals surface area contributed by atoms with Crippen LogP contribution in [0.1, 0.15) is 0 Å². The number of rotatable bonds is 0. The van der Waals surface area contributed by atoms with Gasteiger partial charge in [0.15, 0.2) is 0 Å². The Kier molecular flexibility index (Phi) is 24.1. The minimum atomic E-state index is 0. The van der Waals surface area contributed by atoms with Crippen LogP contribution in [-0.4, -0.2) is 0 Å². The summed E-state index contributed by atoms with van der Waals surface area (Å²) < 4.78 is 0. The maximum atomic E-state index is 2.39. The van der Waals surface area contributed by atoms with Gasteiger partial charge in [-0.3, -0.25) is 0 Å². The van der Waals surface area contributed by atoms with Crippen molar-refractivity contribution in [3.8, 4) is 0 Å². The topological polar surface area (TPSA) is 0 Å². The van der Waals surface area contributed by atoms with Gasteiger partial charge in [0.05, 0.1) is 0 Å². The van der Waals surface area contributed by atoms with Crippen molar-refractivity contribution in [2.45, 2.75) is 0 Å². The van der Waals surface area contributed by atoms with Crippen molar-refractivity contribution in [1.29, 1.82) is 0 Å². The Morgan fingerprint density at radius 2 is 1.25 bits per heavy atom. The van der Waals surface area contributed by atoms with Crippen LogP contribution in [0.15, 0.2) is 0 Å². The quantitative estimate of drug-likeness (QED) is 0.249. The molecule has 4 heteroatoms. The van der Waals surface area contributed by atoms with Gasteiger partial charge in [-0.2, -0.15) is 0 Å². The summed E-state index contributed by atoms with van der Waals surface area (Å²) in [6.45, 7) is 0. The van der Waals surface area contributed by atoms with Crippen LogP contribution in [-0.2, 0) is 27.7 Å². The van der Waals surface area contributed by atoms with Crippen LogP contribution in [0.3, 0.4) is 0 Å². The van der Waals surface area contributed by atoms with Crippen LogP contribution in [0.4, 0.5) is 0 Å². The minimum absolute atomic E-state index is 0. The Morgan fingerprint density at radius 1 is 1.25 bits per heavy atom. The zero-order valence-corrected chi connectivity index (χ0v) is 13.8. The van der Waals surface area contributed by atoms with Gasteiger partial charge in [0, 0.05) is 27.7 Å². The second-order valence-corrected chi connectivity index (χ2v) is 16.3. The van der Waals surface area contributed by atoms with E-state index in [1.807, 2.05) is 0 Å². The van der Waals surface area contributed by atoms with Crippen molar-refractivity contribution in [3.63, 3.8) is 0 Å². The fourth-order valence-electron chi connectivity index (χ4n) is 0. The van der Waals surface area contributed by atoms with Crippen molar-refractivity contribution >= 4 is 37.2 Å². The maximum Gasteiger partial charge on any atom is 0 e. The second-order valence-electron chi connectivity index (χ2n) is 0.0540. The molecule has 0 aliphatic rings. The summed E-state index contributed by atoms with van der Waals surface area (Å²) >= 11 is 5.30. The van der Waals surface area contributed by atoms with E-state index in [1.54, 1.807) is 0 Å². The molecule has 0 bridgehead atoms. The third kappa shape index (κ3) is 8.93. The fourth-order valence-corrected chi connectivity index (χ4v) is 0. The second kappa shape index (κ2) is 9.45. The summed E-state index contributed by atoms with van der Waals surface area (Å²) in [5.41, 5.74) is 0. The predicted octanol–water partition coefficient (Wildman–Crippen LogP) is -1.23. The van der Waals surface area contributed by atoms with Crippen molar-refractivity contribution < 1.29 is 40.9 Å². The van der Waals surface area contributed by atoms with E-state index >= 15 is 0 Å². The molecule has 0 atom stereocenters. The molecule has 0 heterocycles. The van der Waals surface area contributed by atoms with Crippen LogP contribution in [0.25, 0.3) is 0 Å². The molecule has 0 aromatic carbocycles. The SMILES string of the molecule is I[I-]I.[Hg]. The van der Waals surface area contributed by atoms with Crippen LogP contribution in [0.2, 0.25) is 0 Å². The average molecular weight is 581 g/mol. The Bertz CT molecular complexity index is 3.25. The molecule has 24 valence electrons. The molecule has 0 aliphatic heterocycles. The zero-order chi connectivity index (χ0) is 2.71. The van der Waals surface area contributed by atoms with Crippen LogP contribution in [0.5, 0.6) is 0 Å². The van der Waals surface area contributed by atoms with Crippen LogP contribution in [0, 0.1) is 0 Å². The van der Waals surface area contributed by atoms with Gasteiger partial charge in [-0.1, -0.05) is 0 Å². The molecular weight excluding hydrogens is 581 g/mol. The first-order chi connectivity index (χ1) is 1.41. The number of halogens is 3. The monoisotopic (exact) mass is 583 g/mol. The third-order valence-corrected chi connectivity index (χ3v) is 0.